The molecule has 0 unspecified atom stereocenters. The third kappa shape index (κ3) is 7.70. The van der Waals surface area contributed by atoms with Gasteiger partial charge in [-0.15, -0.1) is 0 Å². The molecule has 0 aliphatic heterocycles. The lowest BCUT2D eigenvalue weighted by Crippen LogP contribution is -2.17. The van der Waals surface area contributed by atoms with Gasteiger partial charge in [0, 0.05) is 5.69 Å². The van der Waals surface area contributed by atoms with E-state index in [-0.39, 0.29) is 11.7 Å². The summed E-state index contributed by atoms with van der Waals surface area (Å²) in [5.41, 5.74) is 9.42. The molecule has 1 atom stereocenters. The first kappa shape index (κ1) is 24.4. The number of aryl methyl sites for hydroxylation is 1. The lowest BCUT2D eigenvalue weighted by atomic mass is 10.0. The van der Waals surface area contributed by atoms with Crippen molar-refractivity contribution in [2.24, 2.45) is 0 Å². The Morgan fingerprint density at radius 1 is 1.00 bits per heavy atom. The number of nitrogen functional groups attached to an aromatic ring is 1. The molecule has 0 bridgehead atoms. The number of nitrogens with two attached hydrogens (primary N) is 1. The molecule has 3 aromatic carbocycles. The fourth-order valence-electron chi connectivity index (χ4n) is 3.29. The van der Waals surface area contributed by atoms with Crippen molar-refractivity contribution < 1.29 is 19.4 Å². The third-order valence-electron chi connectivity index (χ3n) is 5.14. The smallest absolute Gasteiger partial charge is 0.412 e. The predicted molar refractivity (Wildman–Crippen MR) is 135 cm³/mol. The largest absolute Gasteiger partial charge is 0.508 e. The van der Waals surface area contributed by atoms with Crippen molar-refractivity contribution >= 4 is 29.1 Å². The van der Waals surface area contributed by atoms with Crippen LogP contribution in [0.25, 0.3) is 0 Å². The van der Waals surface area contributed by atoms with Crippen LogP contribution in [0.15, 0.2) is 84.9 Å². The Morgan fingerprint density at radius 2 is 1.71 bits per heavy atom. The maximum atomic E-state index is 12.5. The van der Waals surface area contributed by atoms with Crippen molar-refractivity contribution in [2.45, 2.75) is 32.3 Å². The number of para-hydroxylation sites is 2. The van der Waals surface area contributed by atoms with E-state index >= 15 is 0 Å². The minimum Gasteiger partial charge on any atom is -0.508 e. The van der Waals surface area contributed by atoms with Crippen molar-refractivity contribution in [1.29, 1.82) is 0 Å². The monoisotopic (exact) mass is 459 g/mol. The Bertz CT molecular complexity index is 1130. The Kier molecular flexibility index (Phi) is 8.68. The molecular formula is C27H29N3O4. The van der Waals surface area contributed by atoms with Gasteiger partial charge in [-0.1, -0.05) is 48.0 Å². The fraction of sp³-hybridized carbons (Fsp3) is 0.185. The molecule has 0 aliphatic carbocycles. The Morgan fingerprint density at radius 3 is 2.41 bits per heavy atom. The number of carbonyl (C=O) groups is 2. The van der Waals surface area contributed by atoms with Crippen LogP contribution in [0.5, 0.6) is 5.75 Å². The number of aromatic hydroxyl groups is 1. The summed E-state index contributed by atoms with van der Waals surface area (Å²) in [6, 6.07) is 21.1. The highest BCUT2D eigenvalue weighted by Gasteiger charge is 2.17. The molecule has 0 heterocycles. The van der Waals surface area contributed by atoms with Crippen LogP contribution in [0.4, 0.5) is 21.9 Å². The van der Waals surface area contributed by atoms with Gasteiger partial charge in [-0.2, -0.15) is 0 Å². The van der Waals surface area contributed by atoms with Crippen LogP contribution in [0, 0.1) is 6.92 Å². The quantitative estimate of drug-likeness (QED) is 0.180. The lowest BCUT2D eigenvalue weighted by molar-refractivity contribution is -0.111. The average Bonchev–Trinajstić information content (AvgIpc) is 2.81. The van der Waals surface area contributed by atoms with Gasteiger partial charge in [-0.25, -0.2) is 4.79 Å². The number of rotatable bonds is 9. The zero-order valence-electron chi connectivity index (χ0n) is 19.0. The van der Waals surface area contributed by atoms with Gasteiger partial charge in [-0.3, -0.25) is 10.1 Å². The van der Waals surface area contributed by atoms with E-state index in [4.69, 9.17) is 10.5 Å². The molecule has 176 valence electrons. The highest BCUT2D eigenvalue weighted by atomic mass is 16.6. The lowest BCUT2D eigenvalue weighted by Gasteiger charge is -2.19. The van der Waals surface area contributed by atoms with E-state index < -0.39 is 12.2 Å². The molecule has 3 rings (SSSR count). The molecule has 5 N–H and O–H groups in total. The number of amides is 2. The van der Waals surface area contributed by atoms with Gasteiger partial charge in [0.05, 0.1) is 11.4 Å². The molecule has 2 amide bonds. The van der Waals surface area contributed by atoms with Gasteiger partial charge in [0.25, 0.3) is 0 Å². The number of phenolic OH excluding ortho intramolecular Hbond substituents is 1. The van der Waals surface area contributed by atoms with Crippen LogP contribution in [0.1, 0.15) is 36.5 Å². The van der Waals surface area contributed by atoms with E-state index in [2.05, 4.69) is 10.6 Å². The topological polar surface area (TPSA) is 114 Å². The summed E-state index contributed by atoms with van der Waals surface area (Å²) < 4.78 is 5.68. The number of phenols is 1. The zero-order chi connectivity index (χ0) is 24.3. The molecule has 0 fully saturated rings. The summed E-state index contributed by atoms with van der Waals surface area (Å²) in [5, 5.41) is 15.1. The third-order valence-corrected chi connectivity index (χ3v) is 5.14. The van der Waals surface area contributed by atoms with Crippen LogP contribution in [-0.4, -0.2) is 17.1 Å². The average molecular weight is 460 g/mol. The molecule has 0 saturated heterocycles. The second-order valence-electron chi connectivity index (χ2n) is 7.89. The standard InChI is InChI=1S/C27H29N3O4/c1-19-11-15-21(16-12-19)29-27(33)34-25(20-13-17-22(31)18-14-20)9-3-2-4-10-26(32)30-24-8-6-5-7-23(24)28/h4-8,10-18,25,31H,2-3,9,28H2,1H3,(H,29,33)(H,30,32)/b10-4+/t25-/m1/s1. The van der Waals surface area contributed by atoms with Crippen molar-refractivity contribution in [3.63, 3.8) is 0 Å². The second-order valence-corrected chi connectivity index (χ2v) is 7.89. The summed E-state index contributed by atoms with van der Waals surface area (Å²) in [5.74, 6) is -0.124. The minimum atomic E-state index is -0.558. The van der Waals surface area contributed by atoms with Gasteiger partial charge >= 0.3 is 6.09 Å². The maximum absolute atomic E-state index is 12.5. The number of unbranched alkanes of at least 4 members (excludes halogenated alkanes) is 1. The molecule has 3 aromatic rings. The Hall–Kier alpha value is -4.26. The molecule has 0 saturated carbocycles. The summed E-state index contributed by atoms with van der Waals surface area (Å²) in [6.07, 6.45) is 4.02. The van der Waals surface area contributed by atoms with Crippen LogP contribution in [0.2, 0.25) is 0 Å². The van der Waals surface area contributed by atoms with Gasteiger partial charge in [0.2, 0.25) is 5.91 Å². The predicted octanol–water partition coefficient (Wildman–Crippen LogP) is 5.94. The van der Waals surface area contributed by atoms with Crippen molar-refractivity contribution in [3.05, 3.63) is 96.1 Å². The maximum Gasteiger partial charge on any atom is 0.412 e. The normalized spacial score (nSPS) is 11.7. The number of anilines is 3. The molecule has 0 aromatic heterocycles. The van der Waals surface area contributed by atoms with E-state index in [0.717, 1.165) is 11.1 Å². The molecule has 0 spiro atoms. The van der Waals surface area contributed by atoms with Crippen LogP contribution >= 0.6 is 0 Å². The van der Waals surface area contributed by atoms with E-state index in [1.807, 2.05) is 31.2 Å². The van der Waals surface area contributed by atoms with Crippen molar-refractivity contribution in [3.8, 4) is 5.75 Å². The molecule has 34 heavy (non-hydrogen) atoms. The Balaban J connectivity index is 1.54. The van der Waals surface area contributed by atoms with Gasteiger partial charge in [-0.05, 0) is 74.2 Å². The zero-order valence-corrected chi connectivity index (χ0v) is 19.0. The van der Waals surface area contributed by atoms with Crippen LogP contribution in [0.3, 0.4) is 0 Å². The van der Waals surface area contributed by atoms with Crippen molar-refractivity contribution in [2.75, 3.05) is 16.4 Å². The van der Waals surface area contributed by atoms with E-state index in [9.17, 15) is 14.7 Å². The number of nitrogens with one attached hydrogen (secondary N) is 2. The number of ether oxygens (including phenoxy) is 1. The number of allylic oxidation sites excluding steroid dienone is 1. The number of carbonyl (C=O) groups excluding carboxylic acids is 2. The van der Waals surface area contributed by atoms with Gasteiger partial charge < -0.3 is 20.9 Å². The van der Waals surface area contributed by atoms with E-state index in [1.54, 1.807) is 54.6 Å². The van der Waals surface area contributed by atoms with Gasteiger partial charge in [0.1, 0.15) is 11.9 Å². The molecular weight excluding hydrogens is 430 g/mol. The fourth-order valence-corrected chi connectivity index (χ4v) is 3.29. The molecule has 7 heteroatoms. The highest BCUT2D eigenvalue weighted by molar-refractivity contribution is 6.01. The highest BCUT2D eigenvalue weighted by Crippen LogP contribution is 2.26. The molecule has 0 aliphatic rings. The first-order chi connectivity index (χ1) is 16.4. The first-order valence-electron chi connectivity index (χ1n) is 11.1. The SMILES string of the molecule is Cc1ccc(NC(=O)O[C@H](CCC/C=C/C(=O)Nc2ccccc2N)c2ccc(O)cc2)cc1. The molecule has 7 nitrogen and oxygen atoms in total. The summed E-state index contributed by atoms with van der Waals surface area (Å²) >= 11 is 0. The van der Waals surface area contributed by atoms with Crippen LogP contribution < -0.4 is 16.4 Å². The summed E-state index contributed by atoms with van der Waals surface area (Å²) in [6.45, 7) is 1.97. The summed E-state index contributed by atoms with van der Waals surface area (Å²) in [7, 11) is 0. The Labute approximate surface area is 199 Å². The molecule has 0 radical (unpaired) electrons. The van der Waals surface area contributed by atoms with E-state index in [0.29, 0.717) is 36.3 Å². The minimum absolute atomic E-state index is 0.139. The van der Waals surface area contributed by atoms with E-state index in [1.165, 1.54) is 6.08 Å². The number of hydrogen-bond donors (Lipinski definition) is 4. The van der Waals surface area contributed by atoms with Gasteiger partial charge in [0.15, 0.2) is 0 Å². The first-order valence-corrected chi connectivity index (χ1v) is 11.1. The number of benzene rings is 3. The van der Waals surface area contributed by atoms with Crippen LogP contribution in [-0.2, 0) is 9.53 Å². The second kappa shape index (κ2) is 12.1. The number of hydrogen-bond acceptors (Lipinski definition) is 5. The van der Waals surface area contributed by atoms with Crippen molar-refractivity contribution in [1.82, 2.24) is 0 Å². The summed E-state index contributed by atoms with van der Waals surface area (Å²) in [4.78, 5) is 24.6.